The Balaban J connectivity index is 1.88. The smallest absolute Gasteiger partial charge is 0.221 e. The Bertz CT molecular complexity index is 991. The van der Waals surface area contributed by atoms with Crippen LogP contribution in [0.15, 0.2) is 53.6 Å². The van der Waals surface area contributed by atoms with Crippen LogP contribution in [0.2, 0.25) is 0 Å². The molecule has 0 bridgehead atoms. The number of hydrogen-bond donors (Lipinski definition) is 2. The number of aromatic nitrogens is 3. The second-order valence-corrected chi connectivity index (χ2v) is 5.61. The first-order valence-electron chi connectivity index (χ1n) is 7.38. The van der Waals surface area contributed by atoms with Crippen LogP contribution in [0.25, 0.3) is 11.4 Å². The van der Waals surface area contributed by atoms with Gasteiger partial charge in [0.2, 0.25) is 10.7 Å². The zero-order chi connectivity index (χ0) is 17.8. The van der Waals surface area contributed by atoms with E-state index in [9.17, 15) is 9.18 Å². The fraction of sp³-hybridized carbons (Fsp3) is 0.0588. The van der Waals surface area contributed by atoms with Gasteiger partial charge in [-0.3, -0.25) is 4.79 Å². The molecule has 126 valence electrons. The summed E-state index contributed by atoms with van der Waals surface area (Å²) in [6.07, 6.45) is 1.60. The summed E-state index contributed by atoms with van der Waals surface area (Å²) < 4.78 is 15.1. The van der Waals surface area contributed by atoms with Crippen molar-refractivity contribution in [3.8, 4) is 11.4 Å². The van der Waals surface area contributed by atoms with Gasteiger partial charge in [0, 0.05) is 18.2 Å². The summed E-state index contributed by atoms with van der Waals surface area (Å²) in [6, 6.07) is 13.2. The van der Waals surface area contributed by atoms with E-state index in [1.54, 1.807) is 42.6 Å². The maximum atomic E-state index is 13.4. The summed E-state index contributed by atoms with van der Waals surface area (Å²) in [6.45, 7) is 1.45. The number of hydrogen-bond acceptors (Lipinski definition) is 4. The van der Waals surface area contributed by atoms with Gasteiger partial charge in [0.1, 0.15) is 5.82 Å². The summed E-state index contributed by atoms with van der Waals surface area (Å²) in [4.78, 5) is 11.0. The molecule has 3 rings (SSSR count). The van der Waals surface area contributed by atoms with E-state index in [0.29, 0.717) is 21.8 Å². The van der Waals surface area contributed by atoms with Crippen molar-refractivity contribution in [1.29, 1.82) is 0 Å². The Morgan fingerprint density at radius 1 is 1.32 bits per heavy atom. The third kappa shape index (κ3) is 4.04. The maximum Gasteiger partial charge on any atom is 0.221 e. The summed E-state index contributed by atoms with van der Waals surface area (Å²) in [5, 5.41) is 13.8. The van der Waals surface area contributed by atoms with Crippen LogP contribution in [0.4, 0.5) is 10.1 Å². The van der Waals surface area contributed by atoms with E-state index < -0.39 is 0 Å². The SMILES string of the molecule is CC(=O)Nc1ccc(/C=N\n2c(-c3cccc(F)c3)n[nH]c2=S)cc1. The van der Waals surface area contributed by atoms with Crippen LogP contribution in [0, 0.1) is 10.6 Å². The number of halogens is 1. The molecule has 0 spiro atoms. The molecule has 1 heterocycles. The third-order valence-corrected chi connectivity index (χ3v) is 3.55. The van der Waals surface area contributed by atoms with Crippen LogP contribution in [0.5, 0.6) is 0 Å². The van der Waals surface area contributed by atoms with Crippen molar-refractivity contribution in [2.24, 2.45) is 5.10 Å². The maximum absolute atomic E-state index is 13.4. The third-order valence-electron chi connectivity index (χ3n) is 3.29. The minimum atomic E-state index is -0.365. The molecule has 1 aromatic heterocycles. The number of carbonyl (C=O) groups excluding carboxylic acids is 1. The number of aromatic amines is 1. The van der Waals surface area contributed by atoms with Gasteiger partial charge >= 0.3 is 0 Å². The Kier molecular flexibility index (Phi) is 4.80. The van der Waals surface area contributed by atoms with Crippen LogP contribution in [-0.2, 0) is 4.79 Å². The molecule has 25 heavy (non-hydrogen) atoms. The highest BCUT2D eigenvalue weighted by atomic mass is 32.1. The second kappa shape index (κ2) is 7.18. The van der Waals surface area contributed by atoms with Gasteiger partial charge in [-0.15, -0.1) is 0 Å². The van der Waals surface area contributed by atoms with Gasteiger partial charge in [-0.2, -0.15) is 14.9 Å². The molecule has 0 unspecified atom stereocenters. The van der Waals surface area contributed by atoms with Crippen molar-refractivity contribution in [2.45, 2.75) is 6.92 Å². The molecule has 0 aliphatic rings. The van der Waals surface area contributed by atoms with E-state index in [-0.39, 0.29) is 11.7 Å². The topological polar surface area (TPSA) is 75.1 Å². The van der Waals surface area contributed by atoms with Gasteiger partial charge in [0.25, 0.3) is 0 Å². The van der Waals surface area contributed by atoms with Crippen LogP contribution in [-0.4, -0.2) is 27.0 Å². The molecule has 0 saturated heterocycles. The number of carbonyl (C=O) groups is 1. The van der Waals surface area contributed by atoms with Gasteiger partial charge in [-0.1, -0.05) is 24.3 Å². The number of nitrogens with zero attached hydrogens (tertiary/aromatic N) is 3. The predicted octanol–water partition coefficient (Wildman–Crippen LogP) is 3.59. The Labute approximate surface area is 148 Å². The first kappa shape index (κ1) is 16.7. The summed E-state index contributed by atoms with van der Waals surface area (Å²) >= 11 is 5.18. The first-order chi connectivity index (χ1) is 12.0. The number of anilines is 1. The highest BCUT2D eigenvalue weighted by molar-refractivity contribution is 7.71. The quantitative estimate of drug-likeness (QED) is 0.555. The lowest BCUT2D eigenvalue weighted by Crippen LogP contribution is -2.05. The van der Waals surface area contributed by atoms with Crippen molar-refractivity contribution >= 4 is 30.0 Å². The van der Waals surface area contributed by atoms with Crippen LogP contribution < -0.4 is 5.32 Å². The largest absolute Gasteiger partial charge is 0.326 e. The van der Waals surface area contributed by atoms with Gasteiger partial charge in [-0.05, 0) is 42.0 Å². The van der Waals surface area contributed by atoms with E-state index in [0.717, 1.165) is 5.56 Å². The zero-order valence-electron chi connectivity index (χ0n) is 13.2. The van der Waals surface area contributed by atoms with E-state index in [1.807, 2.05) is 0 Å². The average molecular weight is 355 g/mol. The standard InChI is InChI=1S/C17H14FN5OS/c1-11(24)20-15-7-5-12(6-8-15)10-19-23-16(21-22-17(23)25)13-3-2-4-14(18)9-13/h2-10H,1H3,(H,20,24)(H,22,25)/b19-10-. The van der Waals surface area contributed by atoms with Crippen molar-refractivity contribution in [3.05, 3.63) is 64.7 Å². The fourth-order valence-corrected chi connectivity index (χ4v) is 2.37. The van der Waals surface area contributed by atoms with Crippen molar-refractivity contribution in [3.63, 3.8) is 0 Å². The van der Waals surface area contributed by atoms with Gasteiger partial charge in [-0.25, -0.2) is 9.49 Å². The van der Waals surface area contributed by atoms with E-state index in [2.05, 4.69) is 20.6 Å². The number of amides is 1. The average Bonchev–Trinajstić information content (AvgIpc) is 2.94. The molecule has 2 N–H and O–H groups in total. The molecule has 0 saturated carbocycles. The molecule has 0 fully saturated rings. The van der Waals surface area contributed by atoms with Gasteiger partial charge in [0.05, 0.1) is 6.21 Å². The minimum absolute atomic E-state index is 0.133. The van der Waals surface area contributed by atoms with E-state index >= 15 is 0 Å². The fourth-order valence-electron chi connectivity index (χ4n) is 2.19. The molecule has 0 atom stereocenters. The van der Waals surface area contributed by atoms with Crippen LogP contribution >= 0.6 is 12.2 Å². The monoisotopic (exact) mass is 355 g/mol. The number of rotatable bonds is 4. The molecule has 0 radical (unpaired) electrons. The lowest BCUT2D eigenvalue weighted by atomic mass is 10.2. The molecule has 8 heteroatoms. The Morgan fingerprint density at radius 3 is 2.76 bits per heavy atom. The van der Waals surface area contributed by atoms with Crippen LogP contribution in [0.3, 0.4) is 0 Å². The zero-order valence-corrected chi connectivity index (χ0v) is 14.0. The Hall–Kier alpha value is -3.13. The number of H-pyrrole nitrogens is 1. The van der Waals surface area contributed by atoms with Crippen molar-refractivity contribution in [1.82, 2.24) is 14.9 Å². The highest BCUT2D eigenvalue weighted by Gasteiger charge is 2.08. The molecular weight excluding hydrogens is 341 g/mol. The Morgan fingerprint density at radius 2 is 2.08 bits per heavy atom. The normalized spacial score (nSPS) is 11.0. The number of nitrogens with one attached hydrogen (secondary N) is 2. The van der Waals surface area contributed by atoms with E-state index in [1.165, 1.54) is 23.7 Å². The molecule has 3 aromatic rings. The molecule has 0 aliphatic carbocycles. The van der Waals surface area contributed by atoms with Crippen LogP contribution in [0.1, 0.15) is 12.5 Å². The van der Waals surface area contributed by atoms with Crippen molar-refractivity contribution in [2.75, 3.05) is 5.32 Å². The predicted molar refractivity (Wildman–Crippen MR) is 96.5 cm³/mol. The molecule has 0 aliphatic heterocycles. The van der Waals surface area contributed by atoms with Gasteiger partial charge < -0.3 is 5.32 Å². The lowest BCUT2D eigenvalue weighted by molar-refractivity contribution is -0.114. The minimum Gasteiger partial charge on any atom is -0.326 e. The summed E-state index contributed by atoms with van der Waals surface area (Å²) in [5.74, 6) is -0.0861. The van der Waals surface area contributed by atoms with Gasteiger partial charge in [0.15, 0.2) is 5.82 Å². The lowest BCUT2D eigenvalue weighted by Gasteiger charge is -2.02. The van der Waals surface area contributed by atoms with Crippen molar-refractivity contribution < 1.29 is 9.18 Å². The second-order valence-electron chi connectivity index (χ2n) is 5.22. The summed E-state index contributed by atoms with van der Waals surface area (Å²) in [7, 11) is 0. The highest BCUT2D eigenvalue weighted by Crippen LogP contribution is 2.18. The molecule has 6 nitrogen and oxygen atoms in total. The van der Waals surface area contributed by atoms with E-state index in [4.69, 9.17) is 12.2 Å². The molecule has 2 aromatic carbocycles. The summed E-state index contributed by atoms with van der Waals surface area (Å²) in [5.41, 5.74) is 2.07. The first-order valence-corrected chi connectivity index (χ1v) is 7.79. The molecular formula is C17H14FN5OS. The molecule has 1 amide bonds. The number of benzene rings is 2.